The molecule has 1 N–H and O–H groups in total. The summed E-state index contributed by atoms with van der Waals surface area (Å²) in [6.07, 6.45) is 0. The highest BCUT2D eigenvalue weighted by Gasteiger charge is 2.34. The lowest BCUT2D eigenvalue weighted by Gasteiger charge is -2.23. The lowest BCUT2D eigenvalue weighted by atomic mass is 9.88. The molecule has 0 bridgehead atoms. The molecule has 0 unspecified atom stereocenters. The summed E-state index contributed by atoms with van der Waals surface area (Å²) >= 11 is 0. The summed E-state index contributed by atoms with van der Waals surface area (Å²) in [6, 6.07) is 3.59. The van der Waals surface area contributed by atoms with Crippen LogP contribution in [0.1, 0.15) is 76.0 Å². The SMILES string of the molecule is CC(C)c1cc(C(C)C)c(Oc2c(F)c(F)c(S(=O)(=O)O)c(F)c2F)c(C(C)C)c1. The van der Waals surface area contributed by atoms with Crippen LogP contribution in [0, 0.1) is 23.3 Å². The van der Waals surface area contributed by atoms with E-state index in [1.807, 2.05) is 41.5 Å². The number of ether oxygens (including phenoxy) is 1. The van der Waals surface area contributed by atoms with Crippen molar-refractivity contribution in [2.75, 3.05) is 0 Å². The highest BCUT2D eigenvalue weighted by Crippen LogP contribution is 2.42. The van der Waals surface area contributed by atoms with Crippen LogP contribution >= 0.6 is 0 Å². The van der Waals surface area contributed by atoms with Crippen LogP contribution < -0.4 is 4.74 Å². The largest absolute Gasteiger partial charge is 0.450 e. The zero-order valence-corrected chi connectivity index (χ0v) is 18.3. The van der Waals surface area contributed by atoms with E-state index in [-0.39, 0.29) is 23.5 Å². The third kappa shape index (κ3) is 4.46. The van der Waals surface area contributed by atoms with Crippen molar-refractivity contribution in [2.45, 2.75) is 64.2 Å². The third-order valence-corrected chi connectivity index (χ3v) is 5.60. The van der Waals surface area contributed by atoms with Gasteiger partial charge in [-0.15, -0.1) is 0 Å². The van der Waals surface area contributed by atoms with Gasteiger partial charge in [-0.05, 0) is 34.4 Å². The monoisotopic (exact) mass is 448 g/mol. The van der Waals surface area contributed by atoms with Crippen LogP contribution in [0.5, 0.6) is 11.5 Å². The van der Waals surface area contributed by atoms with E-state index in [1.165, 1.54) is 0 Å². The molecule has 0 atom stereocenters. The smallest absolute Gasteiger partial charge is 0.300 e. The maximum atomic E-state index is 14.5. The van der Waals surface area contributed by atoms with Crippen LogP contribution in [0.3, 0.4) is 0 Å². The van der Waals surface area contributed by atoms with E-state index in [0.717, 1.165) is 5.56 Å². The molecule has 0 heterocycles. The second kappa shape index (κ2) is 8.55. The predicted octanol–water partition coefficient (Wildman–Crippen LogP) is 6.65. The molecule has 0 aliphatic carbocycles. The van der Waals surface area contributed by atoms with Crippen molar-refractivity contribution in [3.05, 3.63) is 52.1 Å². The Morgan fingerprint density at radius 3 is 1.43 bits per heavy atom. The molecule has 166 valence electrons. The molecule has 0 amide bonds. The molecule has 0 spiro atoms. The van der Waals surface area contributed by atoms with E-state index in [1.54, 1.807) is 12.1 Å². The predicted molar refractivity (Wildman–Crippen MR) is 105 cm³/mol. The van der Waals surface area contributed by atoms with Crippen molar-refractivity contribution in [3.63, 3.8) is 0 Å². The average molecular weight is 448 g/mol. The van der Waals surface area contributed by atoms with E-state index < -0.39 is 44.0 Å². The second-order valence-corrected chi connectivity index (χ2v) is 9.34. The van der Waals surface area contributed by atoms with Gasteiger partial charge >= 0.3 is 10.1 Å². The fourth-order valence-electron chi connectivity index (χ4n) is 3.02. The number of hydrogen-bond donors (Lipinski definition) is 1. The van der Waals surface area contributed by atoms with Gasteiger partial charge in [-0.3, -0.25) is 4.55 Å². The Kier molecular flexibility index (Phi) is 6.88. The molecule has 0 radical (unpaired) electrons. The van der Waals surface area contributed by atoms with Crippen molar-refractivity contribution in [1.82, 2.24) is 0 Å². The van der Waals surface area contributed by atoms with Gasteiger partial charge in [-0.2, -0.15) is 17.2 Å². The standard InChI is InChI=1S/C21H24F4O4S/c1-9(2)12-7-13(10(3)4)19(14(8-12)11(5)6)29-20-15(22)17(24)21(30(26,27)28)18(25)16(20)23/h7-11H,1-6H3,(H,26,27,28). The van der Waals surface area contributed by atoms with Gasteiger partial charge in [-0.1, -0.05) is 53.7 Å². The first kappa shape index (κ1) is 24.1. The van der Waals surface area contributed by atoms with Gasteiger partial charge in [0.15, 0.2) is 16.5 Å². The van der Waals surface area contributed by atoms with Crippen LogP contribution in [-0.4, -0.2) is 13.0 Å². The fraction of sp³-hybridized carbons (Fsp3) is 0.429. The Morgan fingerprint density at radius 2 is 1.13 bits per heavy atom. The first-order chi connectivity index (χ1) is 13.7. The first-order valence-corrected chi connectivity index (χ1v) is 10.8. The minimum atomic E-state index is -5.54. The Balaban J connectivity index is 2.83. The summed E-state index contributed by atoms with van der Waals surface area (Å²) in [6.45, 7) is 11.2. The van der Waals surface area contributed by atoms with Crippen LogP contribution in [-0.2, 0) is 10.1 Å². The second-order valence-electron chi connectivity index (χ2n) is 7.98. The van der Waals surface area contributed by atoms with Crippen molar-refractivity contribution >= 4 is 10.1 Å². The zero-order valence-electron chi connectivity index (χ0n) is 17.5. The molecule has 4 nitrogen and oxygen atoms in total. The zero-order chi connectivity index (χ0) is 23.1. The molecule has 0 aromatic heterocycles. The summed E-state index contributed by atoms with van der Waals surface area (Å²) in [5.74, 6) is -10.2. The Hall–Kier alpha value is -2.13. The Morgan fingerprint density at radius 1 is 0.733 bits per heavy atom. The van der Waals surface area contributed by atoms with E-state index in [9.17, 15) is 26.0 Å². The minimum absolute atomic E-state index is 0.0422. The summed E-state index contributed by atoms with van der Waals surface area (Å²) in [4.78, 5) is -2.10. The molecular weight excluding hydrogens is 424 g/mol. The number of hydrogen-bond acceptors (Lipinski definition) is 3. The lowest BCUT2D eigenvalue weighted by Crippen LogP contribution is -2.12. The van der Waals surface area contributed by atoms with E-state index in [2.05, 4.69) is 0 Å². The van der Waals surface area contributed by atoms with Crippen molar-refractivity contribution in [2.24, 2.45) is 0 Å². The molecule has 0 aliphatic rings. The van der Waals surface area contributed by atoms with Gasteiger partial charge in [0.05, 0.1) is 0 Å². The van der Waals surface area contributed by atoms with Gasteiger partial charge < -0.3 is 4.74 Å². The fourth-order valence-corrected chi connectivity index (χ4v) is 3.65. The van der Waals surface area contributed by atoms with Crippen LogP contribution in [0.2, 0.25) is 0 Å². The Labute approximate surface area is 173 Å². The number of benzene rings is 2. The van der Waals surface area contributed by atoms with E-state index in [4.69, 9.17) is 9.29 Å². The van der Waals surface area contributed by atoms with Crippen molar-refractivity contribution in [1.29, 1.82) is 0 Å². The maximum Gasteiger partial charge on any atom is 0.300 e. The molecule has 0 saturated heterocycles. The molecule has 0 fully saturated rings. The van der Waals surface area contributed by atoms with Gasteiger partial charge in [-0.25, -0.2) is 8.78 Å². The Bertz CT molecular complexity index is 1020. The molecule has 0 aliphatic heterocycles. The molecule has 30 heavy (non-hydrogen) atoms. The van der Waals surface area contributed by atoms with Crippen LogP contribution in [0.25, 0.3) is 0 Å². The topological polar surface area (TPSA) is 63.6 Å². The van der Waals surface area contributed by atoms with Crippen molar-refractivity contribution < 1.29 is 35.3 Å². The molecule has 2 aromatic rings. The van der Waals surface area contributed by atoms with E-state index in [0.29, 0.717) is 11.1 Å². The van der Waals surface area contributed by atoms with Gasteiger partial charge in [0.2, 0.25) is 17.4 Å². The molecule has 9 heteroatoms. The summed E-state index contributed by atoms with van der Waals surface area (Å²) < 4.78 is 94.0. The van der Waals surface area contributed by atoms with Crippen LogP contribution in [0.15, 0.2) is 17.0 Å². The van der Waals surface area contributed by atoms with E-state index >= 15 is 0 Å². The highest BCUT2D eigenvalue weighted by atomic mass is 32.2. The maximum absolute atomic E-state index is 14.5. The van der Waals surface area contributed by atoms with Gasteiger partial charge in [0.1, 0.15) is 5.75 Å². The summed E-state index contributed by atoms with van der Waals surface area (Å²) in [5, 5.41) is 0. The van der Waals surface area contributed by atoms with Crippen molar-refractivity contribution in [3.8, 4) is 11.5 Å². The molecule has 0 saturated carbocycles. The van der Waals surface area contributed by atoms with Gasteiger partial charge in [0.25, 0.3) is 0 Å². The summed E-state index contributed by atoms with van der Waals surface area (Å²) in [5.41, 5.74) is 2.10. The molecule has 2 aromatic carbocycles. The van der Waals surface area contributed by atoms with Crippen LogP contribution in [0.4, 0.5) is 17.6 Å². The summed E-state index contributed by atoms with van der Waals surface area (Å²) in [7, 11) is -5.54. The normalized spacial score (nSPS) is 12.3. The quantitative estimate of drug-likeness (QED) is 0.305. The lowest BCUT2D eigenvalue weighted by molar-refractivity contribution is 0.342. The number of rotatable bonds is 6. The van der Waals surface area contributed by atoms with Gasteiger partial charge in [0, 0.05) is 0 Å². The average Bonchev–Trinajstić information content (AvgIpc) is 2.61. The molecular formula is C21H24F4O4S. The first-order valence-electron chi connectivity index (χ1n) is 9.37. The number of halogens is 4. The molecule has 2 rings (SSSR count). The minimum Gasteiger partial charge on any atom is -0.450 e. The highest BCUT2D eigenvalue weighted by molar-refractivity contribution is 7.85. The third-order valence-electron chi connectivity index (χ3n) is 4.72.